The number of benzene rings is 1. The van der Waals surface area contributed by atoms with Crippen molar-refractivity contribution in [2.24, 2.45) is 11.8 Å². The van der Waals surface area contributed by atoms with Gasteiger partial charge in [0.25, 0.3) is 0 Å². The van der Waals surface area contributed by atoms with Crippen molar-refractivity contribution < 1.29 is 4.90 Å². The van der Waals surface area contributed by atoms with Crippen molar-refractivity contribution in [3.05, 3.63) is 35.9 Å². The van der Waals surface area contributed by atoms with Gasteiger partial charge < -0.3 is 15.1 Å². The van der Waals surface area contributed by atoms with Gasteiger partial charge in [0.15, 0.2) is 5.11 Å². The van der Waals surface area contributed by atoms with Gasteiger partial charge in [0, 0.05) is 11.6 Å². The van der Waals surface area contributed by atoms with Crippen LogP contribution in [0.4, 0.5) is 0 Å². The van der Waals surface area contributed by atoms with Gasteiger partial charge in [-0.25, -0.2) is 0 Å². The minimum absolute atomic E-state index is 0.663. The van der Waals surface area contributed by atoms with E-state index in [1.807, 2.05) is 0 Å². The van der Waals surface area contributed by atoms with Crippen LogP contribution in [-0.4, -0.2) is 42.2 Å². The van der Waals surface area contributed by atoms with Crippen molar-refractivity contribution in [1.29, 1.82) is 0 Å². The summed E-state index contributed by atoms with van der Waals surface area (Å²) in [6.45, 7) is 5.70. The molecule has 3 aliphatic rings. The molecule has 0 unspecified atom stereocenters. The minimum atomic E-state index is 0.663. The van der Waals surface area contributed by atoms with Crippen LogP contribution in [0.25, 0.3) is 0 Å². The van der Waals surface area contributed by atoms with E-state index in [0.717, 1.165) is 36.6 Å². The van der Waals surface area contributed by atoms with E-state index in [4.69, 9.17) is 12.2 Å². The van der Waals surface area contributed by atoms with Crippen molar-refractivity contribution in [1.82, 2.24) is 10.2 Å². The highest BCUT2D eigenvalue weighted by Crippen LogP contribution is 2.44. The van der Waals surface area contributed by atoms with Crippen molar-refractivity contribution in [3.63, 3.8) is 0 Å². The fourth-order valence-corrected chi connectivity index (χ4v) is 5.09. The van der Waals surface area contributed by atoms with Gasteiger partial charge in [-0.3, -0.25) is 0 Å². The molecule has 0 amide bonds. The zero-order valence-corrected chi connectivity index (χ0v) is 14.7. The van der Waals surface area contributed by atoms with E-state index < -0.39 is 0 Å². The predicted molar refractivity (Wildman–Crippen MR) is 97.4 cm³/mol. The van der Waals surface area contributed by atoms with Crippen LogP contribution in [0.15, 0.2) is 30.3 Å². The molecule has 4 rings (SSSR count). The Hall–Kier alpha value is -1.13. The monoisotopic (exact) mass is 330 g/mol. The predicted octanol–water partition coefficient (Wildman–Crippen LogP) is 1.45. The molecule has 4 heteroatoms. The van der Waals surface area contributed by atoms with Gasteiger partial charge in [0.2, 0.25) is 0 Å². The Morgan fingerprint density at radius 1 is 1.13 bits per heavy atom. The molecule has 2 saturated carbocycles. The van der Waals surface area contributed by atoms with Gasteiger partial charge in [0.05, 0.1) is 26.2 Å². The molecule has 2 aliphatic carbocycles. The smallest absolute Gasteiger partial charge is 0.169 e. The van der Waals surface area contributed by atoms with Crippen LogP contribution in [0.3, 0.4) is 0 Å². The third-order valence-corrected chi connectivity index (χ3v) is 6.48. The number of nitrogens with one attached hydrogen (secondary N) is 2. The molecule has 23 heavy (non-hydrogen) atoms. The van der Waals surface area contributed by atoms with Crippen LogP contribution in [0.1, 0.15) is 31.2 Å². The lowest BCUT2D eigenvalue weighted by molar-refractivity contribution is -0.917. The van der Waals surface area contributed by atoms with Crippen LogP contribution in [-0.2, 0) is 6.54 Å². The maximum absolute atomic E-state index is 5.70. The van der Waals surface area contributed by atoms with Crippen molar-refractivity contribution in [2.45, 2.75) is 38.3 Å². The SMILES string of the molecule is S=C(N[C@@H]1C[C@@H]2CC[C@@H]1C2)N1CC[NH+](Cc2ccccc2)CC1. The van der Waals surface area contributed by atoms with Crippen LogP contribution in [0.2, 0.25) is 0 Å². The standard InChI is InChI=1S/C19H27N3S/c23-19(20-18-13-16-6-7-17(18)12-16)22-10-8-21(9-11-22)14-15-4-2-1-3-5-15/h1-5,16-18H,6-14H2,(H,20,23)/p+1/t16-,17-,18-/m1/s1. The molecular weight excluding hydrogens is 302 g/mol. The first kappa shape index (κ1) is 15.4. The van der Waals surface area contributed by atoms with Gasteiger partial charge in [-0.2, -0.15) is 0 Å². The van der Waals surface area contributed by atoms with Crippen molar-refractivity contribution in [2.75, 3.05) is 26.2 Å². The minimum Gasteiger partial charge on any atom is -0.360 e. The molecule has 2 N–H and O–H groups in total. The molecule has 1 heterocycles. The lowest BCUT2D eigenvalue weighted by atomic mass is 9.95. The van der Waals surface area contributed by atoms with Gasteiger partial charge in [0.1, 0.15) is 6.54 Å². The summed E-state index contributed by atoms with van der Waals surface area (Å²) in [6.07, 6.45) is 5.66. The number of fused-ring (bicyclic) bond motifs is 2. The highest BCUT2D eigenvalue weighted by atomic mass is 32.1. The molecule has 2 bridgehead atoms. The van der Waals surface area contributed by atoms with E-state index in [1.54, 1.807) is 4.90 Å². The summed E-state index contributed by atoms with van der Waals surface area (Å²) in [5, 5.41) is 4.71. The fourth-order valence-electron chi connectivity index (χ4n) is 4.76. The van der Waals surface area contributed by atoms with Gasteiger partial charge >= 0.3 is 0 Å². The quantitative estimate of drug-likeness (QED) is 0.819. The number of piperazine rings is 1. The molecule has 1 aromatic carbocycles. The van der Waals surface area contributed by atoms with Crippen LogP contribution in [0, 0.1) is 11.8 Å². The molecule has 1 aliphatic heterocycles. The largest absolute Gasteiger partial charge is 0.360 e. The van der Waals surface area contributed by atoms with E-state index in [0.29, 0.717) is 6.04 Å². The Balaban J connectivity index is 1.24. The number of hydrogen-bond acceptors (Lipinski definition) is 1. The summed E-state index contributed by atoms with van der Waals surface area (Å²) in [6, 6.07) is 11.5. The van der Waals surface area contributed by atoms with E-state index in [1.165, 1.54) is 44.3 Å². The Labute approximate surface area is 145 Å². The van der Waals surface area contributed by atoms with E-state index >= 15 is 0 Å². The summed E-state index contributed by atoms with van der Waals surface area (Å²) in [4.78, 5) is 4.07. The maximum atomic E-state index is 5.70. The lowest BCUT2D eigenvalue weighted by Gasteiger charge is -2.36. The van der Waals surface area contributed by atoms with E-state index in [2.05, 4.69) is 40.5 Å². The number of hydrogen-bond donors (Lipinski definition) is 2. The van der Waals surface area contributed by atoms with Crippen LogP contribution >= 0.6 is 12.2 Å². The zero-order chi connectivity index (χ0) is 15.6. The molecule has 3 atom stereocenters. The summed E-state index contributed by atoms with van der Waals surface area (Å²) in [5.74, 6) is 1.87. The molecule has 3 fully saturated rings. The number of thiocarbonyl (C=S) groups is 1. The Bertz CT molecular complexity index is 539. The Morgan fingerprint density at radius 2 is 1.91 bits per heavy atom. The molecule has 0 aromatic heterocycles. The summed E-state index contributed by atoms with van der Waals surface area (Å²) < 4.78 is 0. The summed E-state index contributed by atoms with van der Waals surface area (Å²) in [5.41, 5.74) is 1.44. The van der Waals surface area contributed by atoms with E-state index in [-0.39, 0.29) is 0 Å². The Kier molecular flexibility index (Phi) is 4.54. The number of rotatable bonds is 3. The van der Waals surface area contributed by atoms with Gasteiger partial charge in [-0.15, -0.1) is 0 Å². The van der Waals surface area contributed by atoms with E-state index in [9.17, 15) is 0 Å². The highest BCUT2D eigenvalue weighted by molar-refractivity contribution is 7.80. The van der Waals surface area contributed by atoms with Crippen molar-refractivity contribution >= 4 is 17.3 Å². The molecule has 1 saturated heterocycles. The first-order valence-corrected chi connectivity index (χ1v) is 9.61. The second-order valence-corrected chi connectivity index (χ2v) is 8.02. The third kappa shape index (κ3) is 3.53. The normalized spacial score (nSPS) is 30.6. The molecule has 3 nitrogen and oxygen atoms in total. The lowest BCUT2D eigenvalue weighted by Crippen LogP contribution is -3.13. The third-order valence-electron chi connectivity index (χ3n) is 6.10. The topological polar surface area (TPSA) is 19.7 Å². The summed E-state index contributed by atoms with van der Waals surface area (Å²) >= 11 is 5.70. The molecular formula is C19H28N3S+. The van der Waals surface area contributed by atoms with Gasteiger partial charge in [-0.05, 0) is 43.3 Å². The first-order valence-electron chi connectivity index (χ1n) is 9.21. The fraction of sp³-hybridized carbons (Fsp3) is 0.632. The highest BCUT2D eigenvalue weighted by Gasteiger charge is 2.40. The molecule has 124 valence electrons. The maximum Gasteiger partial charge on any atom is 0.169 e. The molecule has 0 radical (unpaired) electrons. The van der Waals surface area contributed by atoms with Crippen molar-refractivity contribution in [3.8, 4) is 0 Å². The second-order valence-electron chi connectivity index (χ2n) is 7.63. The summed E-state index contributed by atoms with van der Waals surface area (Å²) in [7, 11) is 0. The second kappa shape index (κ2) is 6.78. The average Bonchev–Trinajstić information content (AvgIpc) is 3.19. The molecule has 1 aromatic rings. The van der Waals surface area contributed by atoms with Crippen LogP contribution in [0.5, 0.6) is 0 Å². The Morgan fingerprint density at radius 3 is 2.57 bits per heavy atom. The first-order chi connectivity index (χ1) is 11.3. The number of nitrogens with zero attached hydrogens (tertiary/aromatic N) is 1. The zero-order valence-electron chi connectivity index (χ0n) is 13.8. The number of quaternary nitrogens is 1. The van der Waals surface area contributed by atoms with Crippen LogP contribution < -0.4 is 10.2 Å². The average molecular weight is 331 g/mol. The van der Waals surface area contributed by atoms with Gasteiger partial charge in [-0.1, -0.05) is 36.8 Å². The molecule has 0 spiro atoms.